The molecule has 0 unspecified atom stereocenters. The zero-order valence-corrected chi connectivity index (χ0v) is 21.1. The molecule has 1 N–H and O–H groups in total. The van der Waals surface area contributed by atoms with E-state index in [4.69, 9.17) is 9.16 Å². The molecule has 1 fully saturated rings. The molecule has 30 heavy (non-hydrogen) atoms. The fourth-order valence-electron chi connectivity index (χ4n) is 3.15. The first-order chi connectivity index (χ1) is 14.1. The minimum absolute atomic E-state index is 0.0641. The molecule has 1 saturated heterocycles. The normalized spacial score (nSPS) is 22.8. The number of nitrogens with zero attached hydrogens (tertiary/aromatic N) is 1. The first-order valence-corrected chi connectivity index (χ1v) is 15.1. The summed E-state index contributed by atoms with van der Waals surface area (Å²) in [5, 5.41) is 0.135. The SMILES string of the molecule is CC(C)(C)[Si](C)(C)OC[C@H]1CC[C@@H]([Se]c2ccccc2)[C@H](n2ccc(=O)[nH]c2=O)O1. The van der Waals surface area contributed by atoms with E-state index in [1.54, 1.807) is 6.20 Å². The first kappa shape index (κ1) is 23.2. The molecule has 1 aromatic carbocycles. The van der Waals surface area contributed by atoms with Gasteiger partial charge in [-0.15, -0.1) is 0 Å². The predicted molar refractivity (Wildman–Crippen MR) is 123 cm³/mol. The maximum absolute atomic E-state index is 12.5. The van der Waals surface area contributed by atoms with Crippen molar-refractivity contribution in [1.82, 2.24) is 9.55 Å². The number of hydrogen-bond donors (Lipinski definition) is 1. The van der Waals surface area contributed by atoms with Crippen LogP contribution < -0.4 is 15.7 Å². The number of rotatable bonds is 6. The van der Waals surface area contributed by atoms with Gasteiger partial charge in [0.2, 0.25) is 0 Å². The summed E-state index contributed by atoms with van der Waals surface area (Å²) in [5.74, 6) is 0. The molecule has 164 valence electrons. The fourth-order valence-corrected chi connectivity index (χ4v) is 6.76. The number of ether oxygens (including phenoxy) is 1. The van der Waals surface area contributed by atoms with Crippen molar-refractivity contribution in [3.8, 4) is 0 Å². The van der Waals surface area contributed by atoms with Crippen LogP contribution in [0.1, 0.15) is 39.8 Å². The van der Waals surface area contributed by atoms with Crippen LogP contribution in [0.3, 0.4) is 0 Å². The minimum atomic E-state index is -1.88. The van der Waals surface area contributed by atoms with Gasteiger partial charge in [-0.2, -0.15) is 0 Å². The molecular weight excluding hydrogens is 463 g/mol. The van der Waals surface area contributed by atoms with Crippen LogP contribution in [-0.4, -0.2) is 45.5 Å². The standard InChI is InChI=1S/C22H32N2O4SeSi/c1-22(2,3)30(4,5)27-15-16-11-12-18(29-17-9-7-6-8-10-17)20(28-16)24-14-13-19(25)23-21(24)26/h6-10,13-14,16,18,20H,11-12,15H2,1-5H3,(H,23,25,26)/t16-,18-,20-/m1/s1. The molecule has 0 bridgehead atoms. The Hall–Kier alpha value is -1.44. The second kappa shape index (κ2) is 9.36. The van der Waals surface area contributed by atoms with E-state index in [-0.39, 0.29) is 30.9 Å². The third-order valence-electron chi connectivity index (χ3n) is 6.02. The van der Waals surface area contributed by atoms with Gasteiger partial charge in [0.15, 0.2) is 0 Å². The van der Waals surface area contributed by atoms with Crippen molar-refractivity contribution >= 4 is 27.7 Å². The van der Waals surface area contributed by atoms with E-state index in [9.17, 15) is 9.59 Å². The van der Waals surface area contributed by atoms with E-state index >= 15 is 0 Å². The van der Waals surface area contributed by atoms with Crippen LogP contribution in [0.4, 0.5) is 0 Å². The zero-order chi connectivity index (χ0) is 21.9. The second-order valence-electron chi connectivity index (χ2n) is 9.28. The molecule has 0 amide bonds. The van der Waals surface area contributed by atoms with E-state index in [2.05, 4.69) is 51.0 Å². The summed E-state index contributed by atoms with van der Waals surface area (Å²) in [4.78, 5) is 26.6. The van der Waals surface area contributed by atoms with Gasteiger partial charge in [0.1, 0.15) is 0 Å². The summed E-state index contributed by atoms with van der Waals surface area (Å²) in [6, 6.07) is 11.7. The Morgan fingerprint density at radius 2 is 1.87 bits per heavy atom. The Morgan fingerprint density at radius 3 is 2.50 bits per heavy atom. The van der Waals surface area contributed by atoms with Crippen LogP contribution in [0.5, 0.6) is 0 Å². The Labute approximate surface area is 185 Å². The van der Waals surface area contributed by atoms with Crippen molar-refractivity contribution in [1.29, 1.82) is 0 Å². The molecule has 0 spiro atoms. The van der Waals surface area contributed by atoms with Crippen molar-refractivity contribution in [2.75, 3.05) is 6.61 Å². The molecule has 0 radical (unpaired) electrons. The average molecular weight is 496 g/mol. The van der Waals surface area contributed by atoms with Crippen LogP contribution in [0.2, 0.25) is 22.9 Å². The van der Waals surface area contributed by atoms with Crippen LogP contribution in [0.25, 0.3) is 0 Å². The summed E-state index contributed by atoms with van der Waals surface area (Å²) in [6.45, 7) is 11.7. The second-order valence-corrected chi connectivity index (χ2v) is 16.8. The molecule has 6 nitrogen and oxygen atoms in total. The van der Waals surface area contributed by atoms with Crippen molar-refractivity contribution in [3.05, 3.63) is 63.4 Å². The van der Waals surface area contributed by atoms with E-state index < -0.39 is 25.8 Å². The first-order valence-electron chi connectivity index (χ1n) is 10.4. The number of hydrogen-bond acceptors (Lipinski definition) is 4. The van der Waals surface area contributed by atoms with E-state index in [1.165, 1.54) is 15.1 Å². The van der Waals surface area contributed by atoms with Gasteiger partial charge in [-0.05, 0) is 0 Å². The third-order valence-corrected chi connectivity index (χ3v) is 13.3. The zero-order valence-electron chi connectivity index (χ0n) is 18.4. The van der Waals surface area contributed by atoms with E-state index in [0.29, 0.717) is 6.61 Å². The predicted octanol–water partition coefficient (Wildman–Crippen LogP) is 3.05. The van der Waals surface area contributed by atoms with Crippen molar-refractivity contribution < 1.29 is 9.16 Å². The molecule has 3 atom stereocenters. The van der Waals surface area contributed by atoms with Gasteiger partial charge in [-0.1, -0.05) is 0 Å². The van der Waals surface area contributed by atoms with E-state index in [1.807, 2.05) is 18.2 Å². The van der Waals surface area contributed by atoms with Gasteiger partial charge < -0.3 is 0 Å². The number of nitrogens with one attached hydrogen (secondary N) is 1. The van der Waals surface area contributed by atoms with E-state index in [0.717, 1.165) is 12.8 Å². The summed E-state index contributed by atoms with van der Waals surface area (Å²) < 4.78 is 15.6. The number of benzene rings is 1. The molecule has 0 saturated carbocycles. The summed E-state index contributed by atoms with van der Waals surface area (Å²) >= 11 is 0.146. The van der Waals surface area contributed by atoms with Crippen molar-refractivity contribution in [3.63, 3.8) is 0 Å². The van der Waals surface area contributed by atoms with Crippen molar-refractivity contribution in [2.45, 2.75) is 68.9 Å². The van der Waals surface area contributed by atoms with Crippen LogP contribution in [0.15, 0.2) is 52.2 Å². The summed E-state index contributed by atoms with van der Waals surface area (Å²) in [6.07, 6.45) is 2.94. The summed E-state index contributed by atoms with van der Waals surface area (Å²) in [7, 11) is -1.88. The fraction of sp³-hybridized carbons (Fsp3) is 0.545. The molecule has 8 heteroatoms. The van der Waals surface area contributed by atoms with Crippen LogP contribution in [-0.2, 0) is 9.16 Å². The van der Waals surface area contributed by atoms with Gasteiger partial charge in [-0.3, -0.25) is 0 Å². The van der Waals surface area contributed by atoms with Gasteiger partial charge in [0.25, 0.3) is 0 Å². The van der Waals surface area contributed by atoms with Gasteiger partial charge >= 0.3 is 185 Å². The Bertz CT molecular complexity index is 952. The third kappa shape index (κ3) is 5.62. The Balaban J connectivity index is 1.80. The molecular formula is C22H32N2O4SeSi. The Morgan fingerprint density at radius 1 is 1.17 bits per heavy atom. The quantitative estimate of drug-likeness (QED) is 0.626. The Kier molecular flexibility index (Phi) is 7.25. The number of aromatic nitrogens is 2. The monoisotopic (exact) mass is 496 g/mol. The molecule has 1 aliphatic heterocycles. The molecule has 1 aliphatic rings. The maximum atomic E-state index is 12.5. The molecule has 1 aromatic heterocycles. The summed E-state index contributed by atoms with van der Waals surface area (Å²) in [5.41, 5.74) is -0.817. The van der Waals surface area contributed by atoms with Gasteiger partial charge in [0.05, 0.1) is 0 Å². The van der Waals surface area contributed by atoms with Gasteiger partial charge in [-0.25, -0.2) is 0 Å². The topological polar surface area (TPSA) is 73.3 Å². The van der Waals surface area contributed by atoms with Crippen LogP contribution in [0, 0.1) is 0 Å². The van der Waals surface area contributed by atoms with Crippen molar-refractivity contribution in [2.24, 2.45) is 0 Å². The number of aromatic amines is 1. The van der Waals surface area contributed by atoms with Crippen LogP contribution >= 0.6 is 0 Å². The average Bonchev–Trinajstić information content (AvgIpc) is 2.67. The molecule has 2 heterocycles. The number of H-pyrrole nitrogens is 1. The molecule has 2 aromatic rings. The molecule has 3 rings (SSSR count). The molecule has 0 aliphatic carbocycles. The van der Waals surface area contributed by atoms with Gasteiger partial charge in [0, 0.05) is 0 Å².